The van der Waals surface area contributed by atoms with Gasteiger partial charge in [0.15, 0.2) is 0 Å². The molecule has 4 nitrogen and oxygen atoms in total. The lowest BCUT2D eigenvalue weighted by atomic mass is 9.90. The van der Waals surface area contributed by atoms with Gasteiger partial charge in [-0.15, -0.1) is 6.42 Å². The molecular formula is C12H16N2O2. The molecule has 0 spiro atoms. The highest BCUT2D eigenvalue weighted by Crippen LogP contribution is 2.42. The van der Waals surface area contributed by atoms with E-state index in [1.54, 1.807) is 13.8 Å². The summed E-state index contributed by atoms with van der Waals surface area (Å²) < 4.78 is 0. The molecule has 0 radical (unpaired) electrons. The molecule has 2 fully saturated rings. The van der Waals surface area contributed by atoms with Crippen molar-refractivity contribution in [3.8, 4) is 12.3 Å². The number of carbonyl (C=O) groups excluding carboxylic acids is 2. The van der Waals surface area contributed by atoms with E-state index < -0.39 is 11.6 Å². The minimum Gasteiger partial charge on any atom is -0.340 e. The zero-order chi connectivity index (χ0) is 11.9. The van der Waals surface area contributed by atoms with Crippen molar-refractivity contribution >= 4 is 11.8 Å². The molecule has 2 rings (SSSR count). The first-order chi connectivity index (χ1) is 7.50. The first kappa shape index (κ1) is 11.0. The Balaban J connectivity index is 2.28. The number of amides is 2. The standard InChI is InChI=1S/C12H16N2O2/c1-4-7-14-8(2)10(15)13-12(3,11(14)16)9-5-6-9/h1,8-9H,5-7H2,2-3H3,(H,13,15). The fourth-order valence-corrected chi connectivity index (χ4v) is 2.27. The topological polar surface area (TPSA) is 49.4 Å². The predicted molar refractivity (Wildman–Crippen MR) is 59.3 cm³/mol. The van der Waals surface area contributed by atoms with E-state index in [4.69, 9.17) is 6.42 Å². The van der Waals surface area contributed by atoms with Crippen LogP contribution in [-0.2, 0) is 9.59 Å². The van der Waals surface area contributed by atoms with E-state index in [2.05, 4.69) is 11.2 Å². The third-order valence-electron chi connectivity index (χ3n) is 3.59. The van der Waals surface area contributed by atoms with E-state index in [0.29, 0.717) is 0 Å². The highest BCUT2D eigenvalue weighted by atomic mass is 16.2. The van der Waals surface area contributed by atoms with Crippen LogP contribution in [0, 0.1) is 18.3 Å². The summed E-state index contributed by atoms with van der Waals surface area (Å²) in [6.07, 6.45) is 7.24. The van der Waals surface area contributed by atoms with Crippen LogP contribution in [0.1, 0.15) is 26.7 Å². The van der Waals surface area contributed by atoms with Crippen molar-refractivity contribution in [3.05, 3.63) is 0 Å². The summed E-state index contributed by atoms with van der Waals surface area (Å²) in [7, 11) is 0. The lowest BCUT2D eigenvalue weighted by Crippen LogP contribution is -2.69. The number of carbonyl (C=O) groups is 2. The average molecular weight is 220 g/mol. The average Bonchev–Trinajstić information content (AvgIpc) is 3.05. The van der Waals surface area contributed by atoms with E-state index in [1.807, 2.05) is 0 Å². The van der Waals surface area contributed by atoms with Crippen LogP contribution in [0.2, 0.25) is 0 Å². The van der Waals surface area contributed by atoms with Crippen LogP contribution in [0.25, 0.3) is 0 Å². The van der Waals surface area contributed by atoms with Gasteiger partial charge in [-0.2, -0.15) is 0 Å². The van der Waals surface area contributed by atoms with Gasteiger partial charge in [0.1, 0.15) is 11.6 Å². The maximum atomic E-state index is 12.3. The van der Waals surface area contributed by atoms with Crippen molar-refractivity contribution in [3.63, 3.8) is 0 Å². The molecule has 4 heteroatoms. The Kier molecular flexibility index (Phi) is 2.42. The van der Waals surface area contributed by atoms with E-state index in [9.17, 15) is 9.59 Å². The van der Waals surface area contributed by atoms with Gasteiger partial charge in [-0.05, 0) is 32.6 Å². The van der Waals surface area contributed by atoms with Gasteiger partial charge in [0.2, 0.25) is 11.8 Å². The molecular weight excluding hydrogens is 204 g/mol. The van der Waals surface area contributed by atoms with E-state index in [-0.39, 0.29) is 24.3 Å². The molecule has 0 aromatic carbocycles. The Hall–Kier alpha value is -1.50. The first-order valence-electron chi connectivity index (χ1n) is 5.57. The smallest absolute Gasteiger partial charge is 0.249 e. The summed E-state index contributed by atoms with van der Waals surface area (Å²) in [5.74, 6) is 2.57. The minimum absolute atomic E-state index is 0.0416. The molecule has 2 atom stereocenters. The Morgan fingerprint density at radius 2 is 2.19 bits per heavy atom. The van der Waals surface area contributed by atoms with Gasteiger partial charge in [-0.25, -0.2) is 0 Å². The first-order valence-corrected chi connectivity index (χ1v) is 5.57. The highest BCUT2D eigenvalue weighted by Gasteiger charge is 2.54. The fraction of sp³-hybridized carbons (Fsp3) is 0.667. The lowest BCUT2D eigenvalue weighted by Gasteiger charge is -2.42. The van der Waals surface area contributed by atoms with Crippen molar-refractivity contribution < 1.29 is 9.59 Å². The number of terminal acetylenes is 1. The summed E-state index contributed by atoms with van der Waals surface area (Å²) in [4.78, 5) is 25.6. The van der Waals surface area contributed by atoms with E-state index in [1.165, 1.54) is 4.90 Å². The summed E-state index contributed by atoms with van der Waals surface area (Å²) in [5.41, 5.74) is -0.736. The third kappa shape index (κ3) is 1.47. The van der Waals surface area contributed by atoms with E-state index in [0.717, 1.165) is 12.8 Å². The van der Waals surface area contributed by atoms with Crippen LogP contribution in [0.5, 0.6) is 0 Å². The SMILES string of the molecule is C#CCN1C(=O)C(C)(C2CC2)NC(=O)C1C. The molecule has 0 aromatic rings. The number of nitrogens with one attached hydrogen (secondary N) is 1. The van der Waals surface area contributed by atoms with Crippen molar-refractivity contribution in [2.45, 2.75) is 38.3 Å². The monoisotopic (exact) mass is 220 g/mol. The highest BCUT2D eigenvalue weighted by molar-refractivity contribution is 6.00. The second kappa shape index (κ2) is 3.51. The molecule has 0 bridgehead atoms. The lowest BCUT2D eigenvalue weighted by molar-refractivity contribution is -0.153. The summed E-state index contributed by atoms with van der Waals surface area (Å²) in [5, 5.41) is 2.84. The van der Waals surface area contributed by atoms with Gasteiger partial charge in [0.25, 0.3) is 0 Å². The molecule has 1 heterocycles. The Morgan fingerprint density at radius 3 is 2.69 bits per heavy atom. The van der Waals surface area contributed by atoms with Gasteiger partial charge in [-0.1, -0.05) is 5.92 Å². The second-order valence-electron chi connectivity index (χ2n) is 4.78. The number of piperazine rings is 1. The quantitative estimate of drug-likeness (QED) is 0.673. The van der Waals surface area contributed by atoms with Gasteiger partial charge in [-0.3, -0.25) is 9.59 Å². The van der Waals surface area contributed by atoms with Gasteiger partial charge < -0.3 is 10.2 Å². The van der Waals surface area contributed by atoms with Crippen LogP contribution in [-0.4, -0.2) is 34.8 Å². The van der Waals surface area contributed by atoms with Gasteiger partial charge in [0, 0.05) is 0 Å². The van der Waals surface area contributed by atoms with Crippen molar-refractivity contribution in [1.29, 1.82) is 0 Å². The van der Waals surface area contributed by atoms with Crippen LogP contribution >= 0.6 is 0 Å². The number of rotatable bonds is 2. The normalized spacial score (nSPS) is 34.6. The van der Waals surface area contributed by atoms with Crippen LogP contribution in [0.3, 0.4) is 0 Å². The Labute approximate surface area is 95.4 Å². The molecule has 2 amide bonds. The second-order valence-corrected chi connectivity index (χ2v) is 4.78. The third-order valence-corrected chi connectivity index (χ3v) is 3.59. The van der Waals surface area contributed by atoms with Gasteiger partial charge in [0.05, 0.1) is 6.54 Å². The molecule has 86 valence electrons. The molecule has 1 saturated carbocycles. The maximum absolute atomic E-state index is 12.3. The fourth-order valence-electron chi connectivity index (χ4n) is 2.27. The molecule has 2 unspecified atom stereocenters. The zero-order valence-corrected chi connectivity index (χ0v) is 9.62. The van der Waals surface area contributed by atoms with Crippen molar-refractivity contribution in [2.75, 3.05) is 6.54 Å². The molecule has 1 saturated heterocycles. The molecule has 2 aliphatic rings. The minimum atomic E-state index is -0.736. The summed E-state index contributed by atoms with van der Waals surface area (Å²) in [6, 6.07) is -0.463. The van der Waals surface area contributed by atoms with Crippen molar-refractivity contribution in [1.82, 2.24) is 10.2 Å². The molecule has 16 heavy (non-hydrogen) atoms. The molecule has 1 aliphatic heterocycles. The Morgan fingerprint density at radius 1 is 1.56 bits per heavy atom. The number of hydrogen-bond acceptors (Lipinski definition) is 2. The van der Waals surface area contributed by atoms with Crippen LogP contribution < -0.4 is 5.32 Å². The van der Waals surface area contributed by atoms with E-state index >= 15 is 0 Å². The largest absolute Gasteiger partial charge is 0.340 e. The van der Waals surface area contributed by atoms with Crippen molar-refractivity contribution in [2.24, 2.45) is 5.92 Å². The number of nitrogens with zero attached hydrogens (tertiary/aromatic N) is 1. The maximum Gasteiger partial charge on any atom is 0.249 e. The predicted octanol–water partition coefficient (Wildman–Crippen LogP) is 0.135. The van der Waals surface area contributed by atoms with Gasteiger partial charge >= 0.3 is 0 Å². The molecule has 1 N–H and O–H groups in total. The van der Waals surface area contributed by atoms with Crippen LogP contribution in [0.4, 0.5) is 0 Å². The Bertz CT molecular complexity index is 381. The molecule has 0 aromatic heterocycles. The number of hydrogen-bond donors (Lipinski definition) is 1. The summed E-state index contributed by atoms with van der Waals surface area (Å²) >= 11 is 0. The molecule has 1 aliphatic carbocycles. The zero-order valence-electron chi connectivity index (χ0n) is 9.62. The van der Waals surface area contributed by atoms with Crippen LogP contribution in [0.15, 0.2) is 0 Å². The summed E-state index contributed by atoms with van der Waals surface area (Å²) in [6.45, 7) is 3.72.